The lowest BCUT2D eigenvalue weighted by Crippen LogP contribution is -2.50. The minimum atomic E-state index is -0.415. The maximum Gasteiger partial charge on any atom is 0.493 e. The fourth-order valence-corrected chi connectivity index (χ4v) is 1.99. The van der Waals surface area contributed by atoms with E-state index in [-0.39, 0.29) is 0 Å². The zero-order valence-corrected chi connectivity index (χ0v) is 10.0. The summed E-state index contributed by atoms with van der Waals surface area (Å²) in [6.07, 6.45) is 4.87. The van der Waals surface area contributed by atoms with Crippen molar-refractivity contribution in [2.24, 2.45) is 5.73 Å². The Labute approximate surface area is 101 Å². The van der Waals surface area contributed by atoms with Gasteiger partial charge in [0.15, 0.2) is 0 Å². The highest BCUT2D eigenvalue weighted by atomic mass is 16.2. The molecule has 1 heterocycles. The smallest absolute Gasteiger partial charge is 0.250 e. The van der Waals surface area contributed by atoms with Crippen molar-refractivity contribution in [1.29, 1.82) is 0 Å². The van der Waals surface area contributed by atoms with Crippen molar-refractivity contribution in [3.63, 3.8) is 0 Å². The fraction of sp³-hybridized carbons (Fsp3) is 0.286. The molecule has 3 nitrogen and oxygen atoms in total. The van der Waals surface area contributed by atoms with Gasteiger partial charge in [0.25, 0.3) is 0 Å². The number of nitrogens with two attached hydrogens (primary N) is 1. The first kappa shape index (κ1) is 11.6. The van der Waals surface area contributed by atoms with Crippen molar-refractivity contribution >= 4 is 16.8 Å². The van der Waals surface area contributed by atoms with Gasteiger partial charge in [0.2, 0.25) is 0 Å². The Morgan fingerprint density at radius 1 is 1.29 bits per heavy atom. The number of hydrogen-bond donors (Lipinski definition) is 1. The summed E-state index contributed by atoms with van der Waals surface area (Å²) in [7, 11) is 0. The number of aryl methyl sites for hydroxylation is 1. The zero-order chi connectivity index (χ0) is 12.3. The molecule has 1 aromatic carbocycles. The number of pyridine rings is 1. The highest BCUT2D eigenvalue weighted by molar-refractivity contribution is 5.81. The summed E-state index contributed by atoms with van der Waals surface area (Å²) in [5.74, 6) is 0. The van der Waals surface area contributed by atoms with Gasteiger partial charge >= 0.3 is 6.03 Å². The Morgan fingerprint density at radius 2 is 2.00 bits per heavy atom. The predicted octanol–water partition coefficient (Wildman–Crippen LogP) is 2.40. The molecule has 0 radical (unpaired) electrons. The van der Waals surface area contributed by atoms with Gasteiger partial charge in [0, 0.05) is 11.8 Å². The average Bonchev–Trinajstić information content (AvgIpc) is 2.35. The number of unbranched alkanes of at least 4 members (excludes halogenated alkanes) is 1. The largest absolute Gasteiger partial charge is 0.493 e. The van der Waals surface area contributed by atoms with Crippen LogP contribution in [-0.2, 0) is 6.42 Å². The van der Waals surface area contributed by atoms with E-state index in [0.717, 1.165) is 35.7 Å². The first-order valence-electron chi connectivity index (χ1n) is 5.95. The third kappa shape index (κ3) is 2.44. The Kier molecular flexibility index (Phi) is 3.38. The van der Waals surface area contributed by atoms with Crippen molar-refractivity contribution in [2.75, 3.05) is 0 Å². The quantitative estimate of drug-likeness (QED) is 0.807. The van der Waals surface area contributed by atoms with Crippen LogP contribution in [0.3, 0.4) is 0 Å². The molecule has 0 aliphatic carbocycles. The topological polar surface area (TPSA) is 47.0 Å². The van der Waals surface area contributed by atoms with Gasteiger partial charge in [-0.2, -0.15) is 9.36 Å². The molecule has 2 rings (SSSR count). The molecular formula is C14H17N2O+. The van der Waals surface area contributed by atoms with Crippen molar-refractivity contribution in [3.8, 4) is 0 Å². The molecule has 1 amide bonds. The first-order valence-corrected chi connectivity index (χ1v) is 5.95. The predicted molar refractivity (Wildman–Crippen MR) is 67.7 cm³/mol. The summed E-state index contributed by atoms with van der Waals surface area (Å²) >= 11 is 0. The fourth-order valence-electron chi connectivity index (χ4n) is 1.99. The molecular weight excluding hydrogens is 212 g/mol. The van der Waals surface area contributed by atoms with Gasteiger partial charge in [-0.05, 0) is 17.9 Å². The van der Waals surface area contributed by atoms with Crippen LogP contribution in [0.25, 0.3) is 10.8 Å². The lowest BCUT2D eigenvalue weighted by atomic mass is 10.1. The molecule has 3 heteroatoms. The molecule has 0 spiro atoms. The standard InChI is InChI=1S/C14H16N2O/c1-2-3-8-13-9-11-6-4-5-7-12(11)10-16(13)14(15)17/h4-7,9-10H,2-3,8H2,1H3,(H-,15,17)/p+1. The number of benzene rings is 1. The van der Waals surface area contributed by atoms with E-state index in [2.05, 4.69) is 19.1 Å². The van der Waals surface area contributed by atoms with Gasteiger partial charge in [0.05, 0.1) is 0 Å². The zero-order valence-electron chi connectivity index (χ0n) is 10.0. The monoisotopic (exact) mass is 229 g/mol. The van der Waals surface area contributed by atoms with E-state index in [0.29, 0.717) is 0 Å². The summed E-state index contributed by atoms with van der Waals surface area (Å²) in [6, 6.07) is 9.63. The van der Waals surface area contributed by atoms with Gasteiger partial charge in [-0.3, -0.25) is 5.73 Å². The second-order valence-corrected chi connectivity index (χ2v) is 4.21. The summed E-state index contributed by atoms with van der Waals surface area (Å²) < 4.78 is 1.55. The van der Waals surface area contributed by atoms with Gasteiger partial charge in [-0.25, -0.2) is 0 Å². The van der Waals surface area contributed by atoms with Crippen molar-refractivity contribution < 1.29 is 9.36 Å². The number of carbonyl (C=O) groups excluding carboxylic acids is 1. The maximum absolute atomic E-state index is 11.4. The molecule has 0 saturated heterocycles. The van der Waals surface area contributed by atoms with Crippen molar-refractivity contribution in [2.45, 2.75) is 26.2 Å². The molecule has 1 aromatic heterocycles. The number of amides is 1. The van der Waals surface area contributed by atoms with Gasteiger partial charge in [-0.1, -0.05) is 37.6 Å². The van der Waals surface area contributed by atoms with E-state index in [9.17, 15) is 4.79 Å². The number of primary amides is 1. The normalized spacial score (nSPS) is 10.6. The number of hydrogen-bond acceptors (Lipinski definition) is 1. The number of carbonyl (C=O) groups is 1. The second kappa shape index (κ2) is 4.95. The molecule has 0 unspecified atom stereocenters. The van der Waals surface area contributed by atoms with Crippen LogP contribution in [0.2, 0.25) is 0 Å². The average molecular weight is 229 g/mol. The first-order chi connectivity index (χ1) is 8.22. The van der Waals surface area contributed by atoms with Crippen LogP contribution in [0.5, 0.6) is 0 Å². The van der Waals surface area contributed by atoms with E-state index in [1.165, 1.54) is 0 Å². The molecule has 17 heavy (non-hydrogen) atoms. The lowest BCUT2D eigenvalue weighted by molar-refractivity contribution is -0.577. The van der Waals surface area contributed by atoms with E-state index in [4.69, 9.17) is 5.73 Å². The molecule has 2 aromatic rings. The van der Waals surface area contributed by atoms with Crippen LogP contribution in [-0.4, -0.2) is 6.03 Å². The van der Waals surface area contributed by atoms with Crippen LogP contribution < -0.4 is 10.3 Å². The summed E-state index contributed by atoms with van der Waals surface area (Å²) in [5.41, 5.74) is 6.39. The number of fused-ring (bicyclic) bond motifs is 1. The SMILES string of the molecule is CCCCc1cc2ccccc2c[n+]1C(N)=O. The summed E-state index contributed by atoms with van der Waals surface area (Å²) in [6.45, 7) is 2.13. The lowest BCUT2D eigenvalue weighted by Gasteiger charge is -2.05. The van der Waals surface area contributed by atoms with Crippen LogP contribution in [0.4, 0.5) is 4.79 Å². The minimum absolute atomic E-state index is 0.415. The minimum Gasteiger partial charge on any atom is -0.250 e. The van der Waals surface area contributed by atoms with Crippen molar-refractivity contribution in [1.82, 2.24) is 0 Å². The molecule has 0 saturated carbocycles. The highest BCUT2D eigenvalue weighted by Crippen LogP contribution is 2.13. The third-order valence-electron chi connectivity index (χ3n) is 2.92. The third-order valence-corrected chi connectivity index (χ3v) is 2.92. The summed E-state index contributed by atoms with van der Waals surface area (Å²) in [4.78, 5) is 11.4. The molecule has 88 valence electrons. The molecule has 0 aliphatic heterocycles. The van der Waals surface area contributed by atoms with Crippen LogP contribution in [0.15, 0.2) is 36.5 Å². The Bertz CT molecular complexity index is 549. The molecule has 0 bridgehead atoms. The number of rotatable bonds is 3. The molecule has 0 fully saturated rings. The Balaban J connectivity index is 2.54. The van der Waals surface area contributed by atoms with Gasteiger partial charge in [-0.15, -0.1) is 0 Å². The van der Waals surface area contributed by atoms with E-state index in [1.54, 1.807) is 4.57 Å². The van der Waals surface area contributed by atoms with Crippen molar-refractivity contribution in [3.05, 3.63) is 42.2 Å². The van der Waals surface area contributed by atoms with Crippen LogP contribution in [0, 0.1) is 0 Å². The molecule has 0 atom stereocenters. The van der Waals surface area contributed by atoms with E-state index < -0.39 is 6.03 Å². The van der Waals surface area contributed by atoms with Crippen LogP contribution >= 0.6 is 0 Å². The Hall–Kier alpha value is -1.90. The van der Waals surface area contributed by atoms with Crippen LogP contribution in [0.1, 0.15) is 25.5 Å². The second-order valence-electron chi connectivity index (χ2n) is 4.21. The van der Waals surface area contributed by atoms with Gasteiger partial charge < -0.3 is 0 Å². The highest BCUT2D eigenvalue weighted by Gasteiger charge is 2.13. The number of nitrogens with zero attached hydrogens (tertiary/aromatic N) is 1. The van der Waals surface area contributed by atoms with Gasteiger partial charge in [0.1, 0.15) is 11.9 Å². The Morgan fingerprint density at radius 3 is 2.65 bits per heavy atom. The molecule has 2 N–H and O–H groups in total. The van der Waals surface area contributed by atoms with E-state index in [1.807, 2.05) is 24.4 Å². The number of aromatic nitrogens is 1. The van der Waals surface area contributed by atoms with E-state index >= 15 is 0 Å². The maximum atomic E-state index is 11.4. The molecule has 0 aliphatic rings. The summed E-state index contributed by atoms with van der Waals surface area (Å²) in [5, 5.41) is 2.18.